The van der Waals surface area contributed by atoms with Crippen LogP contribution in [0.15, 0.2) is 35.5 Å². The van der Waals surface area contributed by atoms with Crippen LogP contribution in [-0.4, -0.2) is 44.8 Å². The topological polar surface area (TPSA) is 67.8 Å². The van der Waals surface area contributed by atoms with Crippen LogP contribution in [-0.2, 0) is 12.8 Å². The van der Waals surface area contributed by atoms with Crippen LogP contribution in [0.3, 0.4) is 0 Å². The quantitative estimate of drug-likeness (QED) is 0.379. The molecule has 0 amide bonds. The van der Waals surface area contributed by atoms with Crippen molar-refractivity contribution in [2.75, 3.05) is 33.9 Å². The number of aromatic nitrogens is 1. The molecule has 6 nitrogen and oxygen atoms in total. The number of benzene rings is 1. The van der Waals surface area contributed by atoms with Crippen LogP contribution in [0, 0.1) is 0 Å². The zero-order valence-corrected chi connectivity index (χ0v) is 16.6. The molecule has 2 aromatic rings. The van der Waals surface area contributed by atoms with E-state index in [1.807, 2.05) is 30.5 Å². The summed E-state index contributed by atoms with van der Waals surface area (Å²) in [6.07, 6.45) is 4.81. The van der Waals surface area contributed by atoms with Crippen LogP contribution in [0.1, 0.15) is 23.2 Å². The molecule has 0 bridgehead atoms. The van der Waals surface area contributed by atoms with Gasteiger partial charge in [0, 0.05) is 37.6 Å². The molecule has 0 saturated heterocycles. The van der Waals surface area contributed by atoms with Crippen molar-refractivity contribution in [1.82, 2.24) is 15.6 Å². The lowest BCUT2D eigenvalue weighted by molar-refractivity contribution is 0.310. The Labute approximate surface area is 159 Å². The lowest BCUT2D eigenvalue weighted by Crippen LogP contribution is -2.39. The van der Waals surface area contributed by atoms with Gasteiger partial charge >= 0.3 is 0 Å². The molecule has 2 rings (SSSR count). The first-order valence-corrected chi connectivity index (χ1v) is 9.71. The molecule has 1 aromatic carbocycles. The maximum absolute atomic E-state index is 5.71. The molecule has 26 heavy (non-hydrogen) atoms. The fraction of sp³-hybridized carbons (Fsp3) is 0.474. The molecule has 0 unspecified atom stereocenters. The number of methoxy groups -OCH3 is 1. The van der Waals surface area contributed by atoms with Gasteiger partial charge in [-0.1, -0.05) is 6.92 Å². The van der Waals surface area contributed by atoms with Crippen molar-refractivity contribution >= 4 is 17.3 Å². The fourth-order valence-corrected chi connectivity index (χ4v) is 3.14. The van der Waals surface area contributed by atoms with Crippen LogP contribution in [0.4, 0.5) is 0 Å². The van der Waals surface area contributed by atoms with Crippen molar-refractivity contribution in [2.45, 2.75) is 26.2 Å². The molecule has 0 radical (unpaired) electrons. The third-order valence-electron chi connectivity index (χ3n) is 3.75. The highest BCUT2D eigenvalue weighted by atomic mass is 32.1. The Morgan fingerprint density at radius 3 is 2.54 bits per heavy atom. The molecule has 0 fully saturated rings. The van der Waals surface area contributed by atoms with E-state index in [0.29, 0.717) is 6.61 Å². The number of hydrogen-bond donors (Lipinski definition) is 2. The predicted octanol–water partition coefficient (Wildman–Crippen LogP) is 2.89. The predicted molar refractivity (Wildman–Crippen MR) is 108 cm³/mol. The summed E-state index contributed by atoms with van der Waals surface area (Å²) in [4.78, 5) is 10.0. The zero-order valence-electron chi connectivity index (χ0n) is 15.7. The summed E-state index contributed by atoms with van der Waals surface area (Å²) in [6, 6.07) is 7.61. The molecule has 142 valence electrons. The summed E-state index contributed by atoms with van der Waals surface area (Å²) in [5.74, 6) is 2.49. The molecule has 1 heterocycles. The molecule has 7 heteroatoms. The second-order valence-corrected chi connectivity index (χ2v) is 6.83. The van der Waals surface area contributed by atoms with E-state index < -0.39 is 0 Å². The van der Waals surface area contributed by atoms with Crippen LogP contribution in [0.5, 0.6) is 11.5 Å². The maximum Gasteiger partial charge on any atom is 0.190 e. The minimum atomic E-state index is 0.648. The van der Waals surface area contributed by atoms with Gasteiger partial charge in [0.25, 0.3) is 0 Å². The molecule has 0 saturated carbocycles. The first-order chi connectivity index (χ1) is 12.7. The van der Waals surface area contributed by atoms with E-state index in [-0.39, 0.29) is 0 Å². The van der Waals surface area contributed by atoms with Gasteiger partial charge in [-0.05, 0) is 37.1 Å². The Kier molecular flexibility index (Phi) is 8.75. The van der Waals surface area contributed by atoms with Gasteiger partial charge in [-0.3, -0.25) is 4.99 Å². The fourth-order valence-electron chi connectivity index (χ4n) is 2.28. The number of hydrogen-bond acceptors (Lipinski definition) is 5. The Morgan fingerprint density at radius 1 is 1.15 bits per heavy atom. The third kappa shape index (κ3) is 6.92. The highest BCUT2D eigenvalue weighted by molar-refractivity contribution is 7.11. The van der Waals surface area contributed by atoms with Gasteiger partial charge in [-0.2, -0.15) is 0 Å². The molecule has 1 aromatic heterocycles. The Balaban J connectivity index is 1.57. The summed E-state index contributed by atoms with van der Waals surface area (Å²) in [5, 5.41) is 7.78. The molecule has 0 aliphatic heterocycles. The zero-order chi connectivity index (χ0) is 18.6. The number of aryl methyl sites for hydroxylation is 1. The van der Waals surface area contributed by atoms with Crippen molar-refractivity contribution in [3.8, 4) is 11.5 Å². The summed E-state index contributed by atoms with van der Waals surface area (Å²) in [7, 11) is 3.43. The highest BCUT2D eigenvalue weighted by Gasteiger charge is 2.02. The van der Waals surface area contributed by atoms with E-state index in [4.69, 9.17) is 9.47 Å². The first kappa shape index (κ1) is 20.0. The SMILES string of the molecule is CCc1cnc(CCNC(=NC)NCCCOc2ccc(OC)cc2)s1. The van der Waals surface area contributed by atoms with Crippen molar-refractivity contribution in [3.63, 3.8) is 0 Å². The van der Waals surface area contributed by atoms with Gasteiger partial charge in [-0.25, -0.2) is 4.98 Å². The Hall–Kier alpha value is -2.28. The minimum absolute atomic E-state index is 0.648. The van der Waals surface area contributed by atoms with Crippen LogP contribution >= 0.6 is 11.3 Å². The van der Waals surface area contributed by atoms with E-state index in [1.165, 1.54) is 4.88 Å². The van der Waals surface area contributed by atoms with Gasteiger partial charge in [0.05, 0.1) is 18.7 Å². The summed E-state index contributed by atoms with van der Waals surface area (Å²) < 4.78 is 10.8. The summed E-state index contributed by atoms with van der Waals surface area (Å²) in [5.41, 5.74) is 0. The minimum Gasteiger partial charge on any atom is -0.497 e. The van der Waals surface area contributed by atoms with E-state index in [1.54, 1.807) is 25.5 Å². The van der Waals surface area contributed by atoms with E-state index in [0.717, 1.165) is 54.8 Å². The number of nitrogens with zero attached hydrogens (tertiary/aromatic N) is 2. The van der Waals surface area contributed by atoms with Gasteiger partial charge in [0.2, 0.25) is 0 Å². The monoisotopic (exact) mass is 376 g/mol. The third-order valence-corrected chi connectivity index (χ3v) is 4.95. The standard InChI is InChI=1S/C19H28N4O2S/c1-4-17-14-23-18(26-17)10-12-22-19(20-2)21-11-5-13-25-16-8-6-15(24-3)7-9-16/h6-9,14H,4-5,10-13H2,1-3H3,(H2,20,21,22). The number of nitrogens with one attached hydrogen (secondary N) is 2. The number of thiazole rings is 1. The molecule has 0 atom stereocenters. The average Bonchev–Trinajstić information content (AvgIpc) is 3.14. The van der Waals surface area contributed by atoms with Crippen molar-refractivity contribution < 1.29 is 9.47 Å². The molecule has 0 aliphatic rings. The van der Waals surface area contributed by atoms with E-state index >= 15 is 0 Å². The molecular weight excluding hydrogens is 348 g/mol. The second kappa shape index (κ2) is 11.4. The lowest BCUT2D eigenvalue weighted by Gasteiger charge is -2.12. The van der Waals surface area contributed by atoms with Gasteiger partial charge in [0.1, 0.15) is 11.5 Å². The second-order valence-electron chi connectivity index (χ2n) is 5.63. The molecular formula is C19H28N4O2S. The van der Waals surface area contributed by atoms with Gasteiger partial charge in [0.15, 0.2) is 5.96 Å². The lowest BCUT2D eigenvalue weighted by atomic mass is 10.3. The van der Waals surface area contributed by atoms with E-state index in [9.17, 15) is 0 Å². The molecule has 0 spiro atoms. The smallest absolute Gasteiger partial charge is 0.190 e. The molecule has 2 N–H and O–H groups in total. The summed E-state index contributed by atoms with van der Waals surface area (Å²) >= 11 is 1.78. The average molecular weight is 377 g/mol. The Morgan fingerprint density at radius 2 is 1.88 bits per heavy atom. The van der Waals surface area contributed by atoms with E-state index in [2.05, 4.69) is 27.5 Å². The van der Waals surface area contributed by atoms with Crippen LogP contribution in [0.2, 0.25) is 0 Å². The van der Waals surface area contributed by atoms with Crippen LogP contribution < -0.4 is 20.1 Å². The number of rotatable bonds is 10. The molecule has 0 aliphatic carbocycles. The first-order valence-electron chi connectivity index (χ1n) is 8.90. The highest BCUT2D eigenvalue weighted by Crippen LogP contribution is 2.17. The maximum atomic E-state index is 5.71. The van der Waals surface area contributed by atoms with Gasteiger partial charge < -0.3 is 20.1 Å². The van der Waals surface area contributed by atoms with Gasteiger partial charge in [-0.15, -0.1) is 11.3 Å². The van der Waals surface area contributed by atoms with Crippen molar-refractivity contribution in [3.05, 3.63) is 40.3 Å². The number of ether oxygens (including phenoxy) is 2. The summed E-state index contributed by atoms with van der Waals surface area (Å²) in [6.45, 7) is 4.42. The largest absolute Gasteiger partial charge is 0.497 e. The normalized spacial score (nSPS) is 11.3. The van der Waals surface area contributed by atoms with Crippen molar-refractivity contribution in [1.29, 1.82) is 0 Å². The van der Waals surface area contributed by atoms with Crippen molar-refractivity contribution in [2.24, 2.45) is 4.99 Å². The number of guanidine groups is 1. The van der Waals surface area contributed by atoms with Crippen LogP contribution in [0.25, 0.3) is 0 Å². The number of aliphatic imine (C=N–C) groups is 1. The Bertz CT molecular complexity index is 670.